The van der Waals surface area contributed by atoms with E-state index in [-0.39, 0.29) is 17.6 Å². The summed E-state index contributed by atoms with van der Waals surface area (Å²) in [5, 5.41) is 8.37. The number of aromatic nitrogens is 1. The van der Waals surface area contributed by atoms with Crippen LogP contribution >= 0.6 is 11.3 Å². The van der Waals surface area contributed by atoms with Gasteiger partial charge in [-0.25, -0.2) is 4.98 Å². The Kier molecular flexibility index (Phi) is 5.45. The summed E-state index contributed by atoms with van der Waals surface area (Å²) in [5.74, 6) is 0.0934. The zero-order valence-electron chi connectivity index (χ0n) is 17.7. The number of benzene rings is 1. The van der Waals surface area contributed by atoms with Gasteiger partial charge in [-0.1, -0.05) is 42.5 Å². The van der Waals surface area contributed by atoms with Crippen LogP contribution in [0.3, 0.4) is 0 Å². The number of hydrogen-bond acceptors (Lipinski definition) is 5. The number of carbonyl (C=O) groups is 2. The fraction of sp³-hybridized carbons (Fsp3) is 0.192. The van der Waals surface area contributed by atoms with Gasteiger partial charge in [0.2, 0.25) is 0 Å². The number of Topliss-reactive ketones (excluding diaryl/α,β-unsaturated/α-hetero) is 1. The second-order valence-corrected chi connectivity index (χ2v) is 9.09. The van der Waals surface area contributed by atoms with Crippen molar-refractivity contribution in [1.82, 2.24) is 10.3 Å². The molecular formula is C26H23N3O2S. The van der Waals surface area contributed by atoms with E-state index in [9.17, 15) is 9.59 Å². The fourth-order valence-electron chi connectivity index (χ4n) is 4.66. The first-order chi connectivity index (χ1) is 15.6. The SMILES string of the molecule is CC1=C(C(=O)Nc2ccccn2)[C@H](c2ccccc2)C2=C(C[C@H](c3cccs3)CC2=O)N1. The number of amides is 1. The molecule has 1 amide bonds. The van der Waals surface area contributed by atoms with Crippen molar-refractivity contribution in [2.24, 2.45) is 0 Å². The van der Waals surface area contributed by atoms with Gasteiger partial charge in [0.1, 0.15) is 5.82 Å². The molecule has 2 atom stereocenters. The lowest BCUT2D eigenvalue weighted by atomic mass is 9.72. The molecule has 2 aliphatic rings. The van der Waals surface area contributed by atoms with Crippen molar-refractivity contribution in [3.8, 4) is 0 Å². The second-order valence-electron chi connectivity index (χ2n) is 8.11. The fourth-order valence-corrected chi connectivity index (χ4v) is 5.49. The van der Waals surface area contributed by atoms with Gasteiger partial charge in [0.25, 0.3) is 5.91 Å². The van der Waals surface area contributed by atoms with E-state index in [2.05, 4.69) is 27.1 Å². The largest absolute Gasteiger partial charge is 0.362 e. The number of rotatable bonds is 4. The van der Waals surface area contributed by atoms with Crippen LogP contribution in [0, 0.1) is 0 Å². The van der Waals surface area contributed by atoms with Gasteiger partial charge in [-0.15, -0.1) is 11.3 Å². The van der Waals surface area contributed by atoms with Crippen molar-refractivity contribution in [1.29, 1.82) is 0 Å². The summed E-state index contributed by atoms with van der Waals surface area (Å²) in [6, 6.07) is 19.3. The Labute approximate surface area is 190 Å². The summed E-state index contributed by atoms with van der Waals surface area (Å²) in [6.07, 6.45) is 2.86. The molecule has 5 rings (SSSR count). The molecule has 1 aromatic carbocycles. The van der Waals surface area contributed by atoms with Crippen molar-refractivity contribution in [3.63, 3.8) is 0 Å². The number of nitrogens with one attached hydrogen (secondary N) is 2. The molecule has 1 aliphatic heterocycles. The number of carbonyl (C=O) groups excluding carboxylic acids is 2. The highest BCUT2D eigenvalue weighted by Gasteiger charge is 2.41. The summed E-state index contributed by atoms with van der Waals surface area (Å²) in [7, 11) is 0. The second kappa shape index (κ2) is 8.55. The lowest BCUT2D eigenvalue weighted by Gasteiger charge is -2.36. The van der Waals surface area contributed by atoms with E-state index in [1.165, 1.54) is 4.88 Å². The van der Waals surface area contributed by atoms with Crippen molar-refractivity contribution >= 4 is 28.8 Å². The minimum atomic E-state index is -0.409. The first-order valence-corrected chi connectivity index (χ1v) is 11.5. The van der Waals surface area contributed by atoms with Gasteiger partial charge in [-0.2, -0.15) is 0 Å². The first-order valence-electron chi connectivity index (χ1n) is 10.7. The third-order valence-electron chi connectivity index (χ3n) is 6.06. The highest BCUT2D eigenvalue weighted by Crippen LogP contribution is 2.46. The smallest absolute Gasteiger partial charge is 0.255 e. The van der Waals surface area contributed by atoms with Crippen LogP contribution in [-0.2, 0) is 9.59 Å². The number of nitrogens with zero attached hydrogens (tertiary/aromatic N) is 1. The van der Waals surface area contributed by atoms with Gasteiger partial charge >= 0.3 is 0 Å². The molecule has 160 valence electrons. The van der Waals surface area contributed by atoms with Crippen LogP contribution in [0.15, 0.2) is 94.8 Å². The van der Waals surface area contributed by atoms with E-state index in [4.69, 9.17) is 0 Å². The highest BCUT2D eigenvalue weighted by atomic mass is 32.1. The Balaban J connectivity index is 1.56. The number of allylic oxidation sites excluding steroid dienone is 3. The van der Waals surface area contributed by atoms with Gasteiger partial charge < -0.3 is 10.6 Å². The standard InChI is InChI=1S/C26H23N3O2S/c1-16-23(26(31)29-22-11-5-6-12-27-22)24(17-8-3-2-4-9-17)25-19(28-16)14-18(15-20(25)30)21-10-7-13-32-21/h2-13,18,24,28H,14-15H2,1H3,(H,27,29,31)/t18-,24-/m0/s1. The number of thiophene rings is 1. The predicted octanol–water partition coefficient (Wildman–Crippen LogP) is 5.14. The molecule has 6 heteroatoms. The topological polar surface area (TPSA) is 71.1 Å². The summed E-state index contributed by atoms with van der Waals surface area (Å²) in [5.41, 5.74) is 3.91. The molecule has 0 saturated heterocycles. The van der Waals surface area contributed by atoms with E-state index in [0.717, 1.165) is 23.4 Å². The first kappa shape index (κ1) is 20.4. The normalized spacial score (nSPS) is 20.6. The van der Waals surface area contributed by atoms with Crippen LogP contribution in [0.5, 0.6) is 0 Å². The number of hydrogen-bond donors (Lipinski definition) is 2. The van der Waals surface area contributed by atoms with Crippen LogP contribution in [0.2, 0.25) is 0 Å². The Morgan fingerprint density at radius 2 is 1.88 bits per heavy atom. The molecule has 0 spiro atoms. The average Bonchev–Trinajstić information content (AvgIpc) is 3.34. The summed E-state index contributed by atoms with van der Waals surface area (Å²) in [6.45, 7) is 1.91. The Hall–Kier alpha value is -3.51. The van der Waals surface area contributed by atoms with E-state index in [0.29, 0.717) is 23.4 Å². The van der Waals surface area contributed by atoms with Gasteiger partial charge in [0.05, 0.1) is 0 Å². The van der Waals surface area contributed by atoms with E-state index >= 15 is 0 Å². The maximum Gasteiger partial charge on any atom is 0.255 e. The van der Waals surface area contributed by atoms with Crippen molar-refractivity contribution in [2.45, 2.75) is 31.6 Å². The molecule has 3 heterocycles. The Morgan fingerprint density at radius 3 is 2.59 bits per heavy atom. The van der Waals surface area contributed by atoms with E-state index in [1.807, 2.05) is 49.4 Å². The summed E-state index contributed by atoms with van der Waals surface area (Å²) in [4.78, 5) is 32.3. The van der Waals surface area contributed by atoms with Gasteiger partial charge in [-0.3, -0.25) is 9.59 Å². The predicted molar refractivity (Wildman–Crippen MR) is 126 cm³/mol. The van der Waals surface area contributed by atoms with Crippen molar-refractivity contribution < 1.29 is 9.59 Å². The molecule has 0 fully saturated rings. The van der Waals surface area contributed by atoms with Crippen LogP contribution < -0.4 is 10.6 Å². The summed E-state index contributed by atoms with van der Waals surface area (Å²) < 4.78 is 0. The summed E-state index contributed by atoms with van der Waals surface area (Å²) >= 11 is 1.69. The average molecular weight is 442 g/mol. The minimum absolute atomic E-state index is 0.0987. The zero-order valence-corrected chi connectivity index (χ0v) is 18.5. The lowest BCUT2D eigenvalue weighted by Crippen LogP contribution is -2.37. The molecule has 5 nitrogen and oxygen atoms in total. The van der Waals surface area contributed by atoms with E-state index < -0.39 is 5.92 Å². The van der Waals surface area contributed by atoms with E-state index in [1.54, 1.807) is 29.7 Å². The Bertz CT molecular complexity index is 1210. The van der Waals surface area contributed by atoms with Crippen molar-refractivity contribution in [3.05, 3.63) is 105 Å². The number of dihydropyridines is 1. The van der Waals surface area contributed by atoms with Crippen LogP contribution in [0.1, 0.15) is 42.0 Å². The zero-order chi connectivity index (χ0) is 22.1. The molecule has 32 heavy (non-hydrogen) atoms. The van der Waals surface area contributed by atoms with Gasteiger partial charge in [-0.05, 0) is 42.5 Å². The maximum atomic E-state index is 13.5. The minimum Gasteiger partial charge on any atom is -0.362 e. The third kappa shape index (κ3) is 3.78. The molecule has 0 radical (unpaired) electrons. The highest BCUT2D eigenvalue weighted by molar-refractivity contribution is 7.10. The number of anilines is 1. The third-order valence-corrected chi connectivity index (χ3v) is 7.09. The van der Waals surface area contributed by atoms with Gasteiger partial charge in [0.15, 0.2) is 5.78 Å². The van der Waals surface area contributed by atoms with Gasteiger partial charge in [0, 0.05) is 51.9 Å². The molecule has 0 bridgehead atoms. The van der Waals surface area contributed by atoms with Crippen LogP contribution in [-0.4, -0.2) is 16.7 Å². The quantitative estimate of drug-likeness (QED) is 0.588. The number of pyridine rings is 1. The van der Waals surface area contributed by atoms with Crippen molar-refractivity contribution in [2.75, 3.05) is 5.32 Å². The molecule has 1 aliphatic carbocycles. The van der Waals surface area contributed by atoms with Crippen LogP contribution in [0.4, 0.5) is 5.82 Å². The lowest BCUT2D eigenvalue weighted by molar-refractivity contribution is -0.116. The number of ketones is 1. The molecule has 0 unspecified atom stereocenters. The monoisotopic (exact) mass is 441 g/mol. The molecule has 3 aromatic rings. The molecular weight excluding hydrogens is 418 g/mol. The molecule has 0 saturated carbocycles. The molecule has 2 N–H and O–H groups in total. The molecule has 2 aromatic heterocycles. The van der Waals surface area contributed by atoms with Crippen LogP contribution in [0.25, 0.3) is 0 Å². The Morgan fingerprint density at radius 1 is 1.06 bits per heavy atom. The maximum absolute atomic E-state index is 13.5.